The van der Waals surface area contributed by atoms with E-state index in [-0.39, 0.29) is 11.9 Å². The fourth-order valence-corrected chi connectivity index (χ4v) is 2.50. The van der Waals surface area contributed by atoms with Crippen LogP contribution in [0.5, 0.6) is 0 Å². The van der Waals surface area contributed by atoms with E-state index in [9.17, 15) is 4.79 Å². The number of hydrogen-bond acceptors (Lipinski definition) is 5. The molecule has 0 saturated carbocycles. The molecule has 0 saturated heterocycles. The van der Waals surface area contributed by atoms with Crippen molar-refractivity contribution in [2.24, 2.45) is 5.92 Å². The zero-order valence-corrected chi connectivity index (χ0v) is 10.4. The van der Waals surface area contributed by atoms with Crippen LogP contribution in [0.25, 0.3) is 0 Å². The van der Waals surface area contributed by atoms with Gasteiger partial charge in [0, 0.05) is 4.88 Å². The summed E-state index contributed by atoms with van der Waals surface area (Å²) in [5, 5.41) is 15.5. The van der Waals surface area contributed by atoms with Crippen molar-refractivity contribution < 1.29 is 4.79 Å². The first-order chi connectivity index (χ1) is 8.15. The van der Waals surface area contributed by atoms with Crippen LogP contribution in [0.3, 0.4) is 0 Å². The second-order valence-electron chi connectivity index (χ2n) is 4.05. The Morgan fingerprint density at radius 1 is 1.53 bits per heavy atom. The number of carbonyl (C=O) groups is 1. The van der Waals surface area contributed by atoms with E-state index in [0.29, 0.717) is 10.8 Å². The third kappa shape index (κ3) is 3.10. The van der Waals surface area contributed by atoms with Crippen LogP contribution in [0, 0.1) is 5.92 Å². The number of hydrogen-bond donors (Lipinski definition) is 2. The standard InChI is InChI=1S/C10H13N5OS/c1-6(2)5-7-3-4-8(17-7)9(16)11-10-12-14-15-13-10/h3-4,6H,5H2,1-2H3,(H2,11,12,13,14,15,16). The quantitative estimate of drug-likeness (QED) is 0.866. The molecule has 0 bridgehead atoms. The molecule has 17 heavy (non-hydrogen) atoms. The predicted molar refractivity (Wildman–Crippen MR) is 65.0 cm³/mol. The average molecular weight is 251 g/mol. The van der Waals surface area contributed by atoms with Crippen LogP contribution in [0.1, 0.15) is 28.4 Å². The molecule has 2 N–H and O–H groups in total. The van der Waals surface area contributed by atoms with E-state index in [0.717, 1.165) is 6.42 Å². The van der Waals surface area contributed by atoms with Gasteiger partial charge in [-0.2, -0.15) is 5.21 Å². The highest BCUT2D eigenvalue weighted by atomic mass is 32.1. The molecular formula is C10H13N5OS. The van der Waals surface area contributed by atoms with Crippen molar-refractivity contribution in [1.29, 1.82) is 0 Å². The van der Waals surface area contributed by atoms with Gasteiger partial charge >= 0.3 is 0 Å². The van der Waals surface area contributed by atoms with Gasteiger partial charge in [0.25, 0.3) is 11.9 Å². The topological polar surface area (TPSA) is 83.6 Å². The second-order valence-corrected chi connectivity index (χ2v) is 5.22. The number of amides is 1. The number of H-pyrrole nitrogens is 1. The summed E-state index contributed by atoms with van der Waals surface area (Å²) in [6, 6.07) is 3.80. The molecule has 2 heterocycles. The Kier molecular flexibility index (Phi) is 3.48. The largest absolute Gasteiger partial charge is 0.287 e. The molecule has 0 aliphatic heterocycles. The van der Waals surface area contributed by atoms with Crippen molar-refractivity contribution in [3.8, 4) is 0 Å². The van der Waals surface area contributed by atoms with Crippen molar-refractivity contribution >= 4 is 23.2 Å². The first-order valence-electron chi connectivity index (χ1n) is 5.28. The Hall–Kier alpha value is -1.76. The number of aromatic nitrogens is 4. The number of thiophene rings is 1. The maximum Gasteiger partial charge on any atom is 0.270 e. The van der Waals surface area contributed by atoms with Gasteiger partial charge in [-0.3, -0.25) is 10.1 Å². The lowest BCUT2D eigenvalue weighted by Crippen LogP contribution is -2.11. The van der Waals surface area contributed by atoms with Gasteiger partial charge in [-0.25, -0.2) is 0 Å². The highest BCUT2D eigenvalue weighted by Crippen LogP contribution is 2.20. The molecule has 6 nitrogen and oxygen atoms in total. The predicted octanol–water partition coefficient (Wildman–Crippen LogP) is 1.71. The van der Waals surface area contributed by atoms with Gasteiger partial charge in [-0.15, -0.1) is 16.4 Å². The number of nitrogens with zero attached hydrogens (tertiary/aromatic N) is 3. The molecule has 7 heteroatoms. The van der Waals surface area contributed by atoms with Gasteiger partial charge < -0.3 is 0 Å². The number of rotatable bonds is 4. The Morgan fingerprint density at radius 3 is 3.00 bits per heavy atom. The molecule has 0 aliphatic carbocycles. The minimum absolute atomic E-state index is 0.189. The number of aromatic amines is 1. The van der Waals surface area contributed by atoms with Crippen molar-refractivity contribution in [1.82, 2.24) is 20.6 Å². The van der Waals surface area contributed by atoms with Crippen LogP contribution < -0.4 is 5.32 Å². The van der Waals surface area contributed by atoms with E-state index in [2.05, 4.69) is 39.8 Å². The lowest BCUT2D eigenvalue weighted by Gasteiger charge is -2.00. The first-order valence-corrected chi connectivity index (χ1v) is 6.10. The van der Waals surface area contributed by atoms with E-state index < -0.39 is 0 Å². The minimum Gasteiger partial charge on any atom is -0.287 e. The van der Waals surface area contributed by atoms with Gasteiger partial charge in [0.1, 0.15) is 0 Å². The number of carbonyl (C=O) groups excluding carboxylic acids is 1. The van der Waals surface area contributed by atoms with E-state index in [1.807, 2.05) is 12.1 Å². The molecule has 0 atom stereocenters. The Balaban J connectivity index is 2.02. The maximum absolute atomic E-state index is 11.8. The molecule has 0 aromatic carbocycles. The van der Waals surface area contributed by atoms with Gasteiger partial charge in [0.05, 0.1) is 4.88 Å². The fourth-order valence-electron chi connectivity index (χ4n) is 1.39. The molecule has 0 unspecified atom stereocenters. The third-order valence-corrected chi connectivity index (χ3v) is 3.17. The van der Waals surface area contributed by atoms with Gasteiger partial charge in [0.15, 0.2) is 0 Å². The second kappa shape index (κ2) is 5.05. The smallest absolute Gasteiger partial charge is 0.270 e. The summed E-state index contributed by atoms with van der Waals surface area (Å²) >= 11 is 1.49. The molecule has 2 aromatic rings. The summed E-state index contributed by atoms with van der Waals surface area (Å²) in [6.45, 7) is 4.30. The van der Waals surface area contributed by atoms with Crippen molar-refractivity contribution in [2.45, 2.75) is 20.3 Å². The lowest BCUT2D eigenvalue weighted by atomic mass is 10.1. The molecule has 2 aromatic heterocycles. The minimum atomic E-state index is -0.202. The van der Waals surface area contributed by atoms with Crippen LogP contribution in [0.2, 0.25) is 0 Å². The normalized spacial score (nSPS) is 10.8. The van der Waals surface area contributed by atoms with Crippen molar-refractivity contribution in [3.63, 3.8) is 0 Å². The molecule has 1 amide bonds. The van der Waals surface area contributed by atoms with Crippen LogP contribution in [0.15, 0.2) is 12.1 Å². The highest BCUT2D eigenvalue weighted by molar-refractivity contribution is 7.14. The van der Waals surface area contributed by atoms with E-state index >= 15 is 0 Å². The summed E-state index contributed by atoms with van der Waals surface area (Å²) in [6.07, 6.45) is 0.986. The maximum atomic E-state index is 11.8. The SMILES string of the molecule is CC(C)Cc1ccc(C(=O)Nc2nn[nH]n2)s1. The fraction of sp³-hybridized carbons (Fsp3) is 0.400. The molecule has 2 rings (SSSR count). The van der Waals surface area contributed by atoms with E-state index in [1.165, 1.54) is 16.2 Å². The molecule has 0 fully saturated rings. The molecule has 0 radical (unpaired) electrons. The third-order valence-electron chi connectivity index (χ3n) is 2.07. The van der Waals surface area contributed by atoms with Gasteiger partial charge in [0.2, 0.25) is 0 Å². The summed E-state index contributed by atoms with van der Waals surface area (Å²) < 4.78 is 0. The lowest BCUT2D eigenvalue weighted by molar-refractivity contribution is 0.102. The molecule has 0 spiro atoms. The van der Waals surface area contributed by atoms with E-state index in [4.69, 9.17) is 0 Å². The summed E-state index contributed by atoms with van der Waals surface area (Å²) in [5.41, 5.74) is 0. The zero-order valence-electron chi connectivity index (χ0n) is 9.60. The van der Waals surface area contributed by atoms with Crippen LogP contribution in [-0.2, 0) is 6.42 Å². The molecule has 90 valence electrons. The summed E-state index contributed by atoms with van der Waals surface area (Å²) in [7, 11) is 0. The Morgan fingerprint density at radius 2 is 2.35 bits per heavy atom. The van der Waals surface area contributed by atoms with E-state index in [1.54, 1.807) is 0 Å². The monoisotopic (exact) mass is 251 g/mol. The van der Waals surface area contributed by atoms with Crippen LogP contribution in [0.4, 0.5) is 5.95 Å². The van der Waals surface area contributed by atoms with Gasteiger partial charge in [-0.05, 0) is 29.7 Å². The van der Waals surface area contributed by atoms with Gasteiger partial charge in [-0.1, -0.05) is 18.9 Å². The average Bonchev–Trinajstić information content (AvgIpc) is 2.87. The van der Waals surface area contributed by atoms with Crippen LogP contribution >= 0.6 is 11.3 Å². The molecular weight excluding hydrogens is 238 g/mol. The number of nitrogens with one attached hydrogen (secondary N) is 2. The van der Waals surface area contributed by atoms with Crippen LogP contribution in [-0.4, -0.2) is 26.5 Å². The van der Waals surface area contributed by atoms with Crippen molar-refractivity contribution in [3.05, 3.63) is 21.9 Å². The molecule has 0 aliphatic rings. The highest BCUT2D eigenvalue weighted by Gasteiger charge is 2.11. The number of anilines is 1. The Labute approximate surface area is 102 Å². The van der Waals surface area contributed by atoms with Crippen molar-refractivity contribution in [2.75, 3.05) is 5.32 Å². The summed E-state index contributed by atoms with van der Waals surface area (Å²) in [5.74, 6) is 0.571. The summed E-state index contributed by atoms with van der Waals surface area (Å²) in [4.78, 5) is 13.7. The Bertz CT molecular complexity index is 491. The zero-order chi connectivity index (χ0) is 12.3. The number of tetrazole rings is 1. The first kappa shape index (κ1) is 11.7.